The van der Waals surface area contributed by atoms with E-state index in [0.29, 0.717) is 17.9 Å². The second kappa shape index (κ2) is 4.69. The van der Waals surface area contributed by atoms with Crippen molar-refractivity contribution in [3.05, 3.63) is 28.8 Å². The molecule has 1 saturated carbocycles. The van der Waals surface area contributed by atoms with Crippen LogP contribution in [0.4, 0.5) is 0 Å². The Morgan fingerprint density at radius 3 is 2.47 bits per heavy atom. The molecule has 1 aromatic rings. The molecule has 1 aliphatic carbocycles. The van der Waals surface area contributed by atoms with Gasteiger partial charge in [-0.1, -0.05) is 13.0 Å². The molecule has 94 valence electrons. The maximum Gasteiger partial charge on any atom is 0.122 e. The largest absolute Gasteiger partial charge is 0.496 e. The zero-order valence-corrected chi connectivity index (χ0v) is 11.3. The Balaban J connectivity index is 2.44. The number of benzene rings is 1. The Morgan fingerprint density at radius 1 is 1.24 bits per heavy atom. The van der Waals surface area contributed by atoms with Gasteiger partial charge in [0.1, 0.15) is 5.75 Å². The van der Waals surface area contributed by atoms with E-state index < -0.39 is 0 Å². The molecule has 1 aliphatic rings. The van der Waals surface area contributed by atoms with Gasteiger partial charge in [0.25, 0.3) is 0 Å². The summed E-state index contributed by atoms with van der Waals surface area (Å²) < 4.78 is 5.56. The number of ether oxygens (including phenoxy) is 1. The maximum absolute atomic E-state index is 6.14. The van der Waals surface area contributed by atoms with E-state index in [1.807, 2.05) is 0 Å². The highest BCUT2D eigenvalue weighted by Crippen LogP contribution is 2.44. The zero-order chi connectivity index (χ0) is 12.6. The van der Waals surface area contributed by atoms with Crippen LogP contribution in [-0.2, 0) is 0 Å². The van der Waals surface area contributed by atoms with Gasteiger partial charge in [0.2, 0.25) is 0 Å². The van der Waals surface area contributed by atoms with Gasteiger partial charge in [-0.2, -0.15) is 0 Å². The maximum atomic E-state index is 6.14. The van der Waals surface area contributed by atoms with Crippen molar-refractivity contribution < 1.29 is 4.74 Å². The van der Waals surface area contributed by atoms with Gasteiger partial charge in [-0.15, -0.1) is 0 Å². The second-order valence-corrected chi connectivity index (χ2v) is 5.40. The van der Waals surface area contributed by atoms with Crippen molar-refractivity contribution >= 4 is 0 Å². The van der Waals surface area contributed by atoms with Crippen LogP contribution >= 0.6 is 0 Å². The topological polar surface area (TPSA) is 35.2 Å². The number of methoxy groups -OCH3 is 1. The molecule has 1 fully saturated rings. The fourth-order valence-electron chi connectivity index (χ4n) is 3.19. The Kier molecular flexibility index (Phi) is 3.43. The van der Waals surface area contributed by atoms with E-state index in [1.165, 1.54) is 23.1 Å². The smallest absolute Gasteiger partial charge is 0.122 e. The number of hydrogen-bond donors (Lipinski definition) is 1. The summed E-state index contributed by atoms with van der Waals surface area (Å²) in [7, 11) is 1.76. The molecule has 2 rings (SSSR count). The second-order valence-electron chi connectivity index (χ2n) is 5.40. The lowest BCUT2D eigenvalue weighted by atomic mass is 9.85. The molecule has 0 bridgehead atoms. The summed E-state index contributed by atoms with van der Waals surface area (Å²) in [6.07, 6.45) is 2.31. The van der Waals surface area contributed by atoms with Gasteiger partial charge in [0.05, 0.1) is 7.11 Å². The predicted octanol–water partition coefficient (Wildman–Crippen LogP) is 3.15. The van der Waals surface area contributed by atoms with E-state index >= 15 is 0 Å². The van der Waals surface area contributed by atoms with Crippen LogP contribution in [0.15, 0.2) is 12.1 Å². The molecule has 17 heavy (non-hydrogen) atoms. The van der Waals surface area contributed by atoms with Crippen LogP contribution in [0, 0.1) is 19.8 Å². The van der Waals surface area contributed by atoms with Crippen LogP contribution in [0.1, 0.15) is 42.4 Å². The summed E-state index contributed by atoms with van der Waals surface area (Å²) in [6.45, 7) is 6.56. The summed E-state index contributed by atoms with van der Waals surface area (Å²) in [5.74, 6) is 2.14. The summed E-state index contributed by atoms with van der Waals surface area (Å²) in [4.78, 5) is 0. The molecule has 0 saturated heterocycles. The first-order valence-electron chi connectivity index (χ1n) is 6.45. The minimum Gasteiger partial charge on any atom is -0.496 e. The quantitative estimate of drug-likeness (QED) is 0.851. The predicted molar refractivity (Wildman–Crippen MR) is 71.6 cm³/mol. The molecule has 0 radical (unpaired) electrons. The van der Waals surface area contributed by atoms with Gasteiger partial charge in [-0.25, -0.2) is 0 Å². The highest BCUT2D eigenvalue weighted by molar-refractivity contribution is 5.46. The van der Waals surface area contributed by atoms with Gasteiger partial charge in [-0.3, -0.25) is 0 Å². The van der Waals surface area contributed by atoms with Crippen LogP contribution in [0.5, 0.6) is 5.75 Å². The normalized spacial score (nSPS) is 28.4. The molecule has 0 heterocycles. The minimum atomic E-state index is 0.338. The lowest BCUT2D eigenvalue weighted by Gasteiger charge is -2.23. The van der Waals surface area contributed by atoms with Gasteiger partial charge in [0.15, 0.2) is 0 Å². The van der Waals surface area contributed by atoms with Crippen molar-refractivity contribution in [1.29, 1.82) is 0 Å². The highest BCUT2D eigenvalue weighted by Gasteiger charge is 2.33. The summed E-state index contributed by atoms with van der Waals surface area (Å²) in [5, 5.41) is 0. The van der Waals surface area contributed by atoms with E-state index in [1.54, 1.807) is 7.11 Å². The van der Waals surface area contributed by atoms with Crippen molar-refractivity contribution in [2.45, 2.75) is 45.6 Å². The molecule has 0 aliphatic heterocycles. The highest BCUT2D eigenvalue weighted by atomic mass is 16.5. The zero-order valence-electron chi connectivity index (χ0n) is 11.3. The van der Waals surface area contributed by atoms with Crippen molar-refractivity contribution in [2.24, 2.45) is 11.7 Å². The van der Waals surface area contributed by atoms with Gasteiger partial charge < -0.3 is 10.5 Å². The molecule has 2 heteroatoms. The first-order chi connectivity index (χ1) is 8.04. The average Bonchev–Trinajstić information content (AvgIpc) is 2.59. The lowest BCUT2D eigenvalue weighted by molar-refractivity contribution is 0.394. The van der Waals surface area contributed by atoms with Gasteiger partial charge in [0, 0.05) is 11.6 Å². The molecule has 0 spiro atoms. The summed E-state index contributed by atoms with van der Waals surface area (Å²) >= 11 is 0. The molecule has 3 unspecified atom stereocenters. The van der Waals surface area contributed by atoms with E-state index in [-0.39, 0.29) is 0 Å². The van der Waals surface area contributed by atoms with E-state index in [0.717, 1.165) is 12.2 Å². The van der Waals surface area contributed by atoms with Crippen molar-refractivity contribution in [3.63, 3.8) is 0 Å². The fourth-order valence-corrected chi connectivity index (χ4v) is 3.19. The monoisotopic (exact) mass is 233 g/mol. The van der Waals surface area contributed by atoms with Crippen LogP contribution in [0.25, 0.3) is 0 Å². The Labute approximate surface area is 104 Å². The minimum absolute atomic E-state index is 0.338. The van der Waals surface area contributed by atoms with E-state index in [9.17, 15) is 0 Å². The van der Waals surface area contributed by atoms with Crippen LogP contribution in [-0.4, -0.2) is 13.2 Å². The number of rotatable bonds is 2. The Morgan fingerprint density at radius 2 is 1.94 bits per heavy atom. The first kappa shape index (κ1) is 12.4. The van der Waals surface area contributed by atoms with Crippen molar-refractivity contribution in [2.75, 3.05) is 7.11 Å². The third-order valence-electron chi connectivity index (χ3n) is 4.20. The number of hydrogen-bond acceptors (Lipinski definition) is 2. The fraction of sp³-hybridized carbons (Fsp3) is 0.600. The summed E-state index contributed by atoms with van der Waals surface area (Å²) in [6, 6.07) is 4.72. The van der Waals surface area contributed by atoms with Crippen molar-refractivity contribution in [1.82, 2.24) is 0 Å². The number of aryl methyl sites for hydroxylation is 2. The molecule has 0 aromatic heterocycles. The van der Waals surface area contributed by atoms with Gasteiger partial charge >= 0.3 is 0 Å². The molecule has 0 amide bonds. The molecule has 2 nitrogen and oxygen atoms in total. The standard InChI is InChI=1S/C15H23NO/c1-9-7-10(2)15(14(8-9)17-4)12-5-6-13(16)11(12)3/h7-8,11-13H,5-6,16H2,1-4H3. The van der Waals surface area contributed by atoms with Crippen LogP contribution in [0.3, 0.4) is 0 Å². The van der Waals surface area contributed by atoms with E-state index in [4.69, 9.17) is 10.5 Å². The third-order valence-corrected chi connectivity index (χ3v) is 4.20. The average molecular weight is 233 g/mol. The molecule has 2 N–H and O–H groups in total. The summed E-state index contributed by atoms with van der Waals surface area (Å²) in [5.41, 5.74) is 10.1. The Hall–Kier alpha value is -1.02. The van der Waals surface area contributed by atoms with Crippen LogP contribution < -0.4 is 10.5 Å². The Bertz CT molecular complexity index is 414. The molecule has 1 aromatic carbocycles. The number of nitrogens with two attached hydrogens (primary N) is 1. The third kappa shape index (κ3) is 2.19. The first-order valence-corrected chi connectivity index (χ1v) is 6.45. The van der Waals surface area contributed by atoms with Crippen LogP contribution in [0.2, 0.25) is 0 Å². The van der Waals surface area contributed by atoms with Gasteiger partial charge in [-0.05, 0) is 55.7 Å². The van der Waals surface area contributed by atoms with E-state index in [2.05, 4.69) is 32.9 Å². The molecular weight excluding hydrogens is 210 g/mol. The lowest BCUT2D eigenvalue weighted by Crippen LogP contribution is -2.24. The molecular formula is C15H23NO. The molecule has 3 atom stereocenters. The van der Waals surface area contributed by atoms with Crippen molar-refractivity contribution in [3.8, 4) is 5.75 Å². The SMILES string of the molecule is COc1cc(C)cc(C)c1C1CCC(N)C1C.